The predicted molar refractivity (Wildman–Crippen MR) is 55.7 cm³/mol. The first-order valence-electron chi connectivity index (χ1n) is 4.95. The van der Waals surface area contributed by atoms with E-state index in [0.29, 0.717) is 5.82 Å². The van der Waals surface area contributed by atoms with E-state index in [1.54, 1.807) is 6.07 Å². The Hall–Kier alpha value is -1.16. The molecule has 0 radical (unpaired) electrons. The minimum absolute atomic E-state index is 0.566. The van der Waals surface area contributed by atoms with Gasteiger partial charge in [0.25, 0.3) is 0 Å². The molecule has 1 fully saturated rings. The largest absolute Gasteiger partial charge is 0.384 e. The van der Waals surface area contributed by atoms with Gasteiger partial charge in [0.05, 0.1) is 6.54 Å². The van der Waals surface area contributed by atoms with Gasteiger partial charge in [-0.2, -0.15) is 0 Å². The Bertz CT molecular complexity index is 313. The van der Waals surface area contributed by atoms with Gasteiger partial charge in [0.1, 0.15) is 11.6 Å². The molecule has 0 amide bonds. The number of nitrogens with two attached hydrogens (primary N) is 1. The first kappa shape index (κ1) is 9.40. The molecule has 2 rings (SSSR count). The first-order valence-corrected chi connectivity index (χ1v) is 4.95. The minimum atomic E-state index is 0.566. The SMILES string of the molecule is Cc1cc(N)nc(CN(C)C2CC2)n1. The van der Waals surface area contributed by atoms with Crippen LogP contribution in [0.1, 0.15) is 24.4 Å². The van der Waals surface area contributed by atoms with Crippen LogP contribution in [0, 0.1) is 6.92 Å². The van der Waals surface area contributed by atoms with Gasteiger partial charge in [-0.3, -0.25) is 4.90 Å². The normalized spacial score (nSPS) is 16.2. The summed E-state index contributed by atoms with van der Waals surface area (Å²) in [5, 5.41) is 0. The van der Waals surface area contributed by atoms with Gasteiger partial charge >= 0.3 is 0 Å². The quantitative estimate of drug-likeness (QED) is 0.775. The third-order valence-electron chi connectivity index (χ3n) is 2.48. The fraction of sp³-hybridized carbons (Fsp3) is 0.600. The fourth-order valence-electron chi connectivity index (χ4n) is 1.59. The molecule has 1 aromatic heterocycles. The Morgan fingerprint density at radius 2 is 2.21 bits per heavy atom. The molecule has 1 aliphatic rings. The Morgan fingerprint density at radius 3 is 2.79 bits per heavy atom. The van der Waals surface area contributed by atoms with E-state index in [0.717, 1.165) is 24.1 Å². The van der Waals surface area contributed by atoms with Crippen LogP contribution in [-0.4, -0.2) is 28.0 Å². The van der Waals surface area contributed by atoms with Gasteiger partial charge in [-0.1, -0.05) is 0 Å². The van der Waals surface area contributed by atoms with Crippen molar-refractivity contribution in [2.45, 2.75) is 32.4 Å². The number of nitrogen functional groups attached to an aromatic ring is 1. The molecule has 1 saturated carbocycles. The number of hydrogen-bond donors (Lipinski definition) is 1. The summed E-state index contributed by atoms with van der Waals surface area (Å²) in [6.45, 7) is 2.75. The number of aryl methyl sites for hydroxylation is 1. The monoisotopic (exact) mass is 192 g/mol. The summed E-state index contributed by atoms with van der Waals surface area (Å²) in [7, 11) is 2.11. The number of aromatic nitrogens is 2. The summed E-state index contributed by atoms with van der Waals surface area (Å²) in [4.78, 5) is 10.8. The number of rotatable bonds is 3. The zero-order valence-corrected chi connectivity index (χ0v) is 8.70. The lowest BCUT2D eigenvalue weighted by atomic mass is 10.4. The summed E-state index contributed by atoms with van der Waals surface area (Å²) in [5.74, 6) is 1.40. The molecule has 0 spiro atoms. The molecule has 2 N–H and O–H groups in total. The van der Waals surface area contributed by atoms with Gasteiger partial charge in [-0.15, -0.1) is 0 Å². The van der Waals surface area contributed by atoms with Crippen molar-refractivity contribution in [2.24, 2.45) is 0 Å². The van der Waals surface area contributed by atoms with E-state index < -0.39 is 0 Å². The van der Waals surface area contributed by atoms with E-state index >= 15 is 0 Å². The molecular weight excluding hydrogens is 176 g/mol. The van der Waals surface area contributed by atoms with Crippen molar-refractivity contribution in [2.75, 3.05) is 12.8 Å². The van der Waals surface area contributed by atoms with Crippen molar-refractivity contribution in [3.63, 3.8) is 0 Å². The first-order chi connectivity index (χ1) is 6.65. The zero-order valence-electron chi connectivity index (χ0n) is 8.70. The summed E-state index contributed by atoms with van der Waals surface area (Å²) in [6.07, 6.45) is 2.61. The highest BCUT2D eigenvalue weighted by atomic mass is 15.2. The third kappa shape index (κ3) is 2.20. The third-order valence-corrected chi connectivity index (χ3v) is 2.48. The molecule has 0 saturated heterocycles. The Balaban J connectivity index is 2.07. The van der Waals surface area contributed by atoms with Crippen LogP contribution in [0.2, 0.25) is 0 Å². The van der Waals surface area contributed by atoms with Crippen LogP contribution in [-0.2, 0) is 6.54 Å². The van der Waals surface area contributed by atoms with E-state index in [2.05, 4.69) is 21.9 Å². The average Bonchev–Trinajstić information content (AvgIpc) is 2.82. The number of nitrogens with zero attached hydrogens (tertiary/aromatic N) is 3. The van der Waals surface area contributed by atoms with E-state index in [9.17, 15) is 0 Å². The highest BCUT2D eigenvalue weighted by Gasteiger charge is 2.26. The average molecular weight is 192 g/mol. The topological polar surface area (TPSA) is 55.0 Å². The van der Waals surface area contributed by atoms with Crippen LogP contribution in [0.15, 0.2) is 6.07 Å². The van der Waals surface area contributed by atoms with Crippen molar-refractivity contribution in [1.82, 2.24) is 14.9 Å². The second kappa shape index (κ2) is 3.53. The molecule has 4 heteroatoms. The smallest absolute Gasteiger partial charge is 0.144 e. The molecule has 0 atom stereocenters. The maximum absolute atomic E-state index is 5.66. The predicted octanol–water partition coefficient (Wildman–Crippen LogP) is 0.961. The van der Waals surface area contributed by atoms with E-state index in [1.807, 2.05) is 6.92 Å². The lowest BCUT2D eigenvalue weighted by molar-refractivity contribution is 0.308. The Labute approximate surface area is 84.2 Å². The van der Waals surface area contributed by atoms with Gasteiger partial charge in [-0.05, 0) is 26.8 Å². The van der Waals surface area contributed by atoms with Crippen LogP contribution < -0.4 is 5.73 Å². The van der Waals surface area contributed by atoms with Crippen molar-refractivity contribution in [3.8, 4) is 0 Å². The van der Waals surface area contributed by atoms with Gasteiger partial charge in [-0.25, -0.2) is 9.97 Å². The Kier molecular flexibility index (Phi) is 2.37. The zero-order chi connectivity index (χ0) is 10.1. The van der Waals surface area contributed by atoms with Crippen molar-refractivity contribution in [3.05, 3.63) is 17.6 Å². The minimum Gasteiger partial charge on any atom is -0.384 e. The number of hydrogen-bond acceptors (Lipinski definition) is 4. The highest BCUT2D eigenvalue weighted by molar-refractivity contribution is 5.29. The van der Waals surface area contributed by atoms with Gasteiger partial charge in [0.2, 0.25) is 0 Å². The molecule has 1 heterocycles. The molecule has 14 heavy (non-hydrogen) atoms. The lowest BCUT2D eigenvalue weighted by Crippen LogP contribution is -2.21. The van der Waals surface area contributed by atoms with Crippen LogP contribution in [0.25, 0.3) is 0 Å². The number of anilines is 1. The molecule has 0 aromatic carbocycles. The standard InChI is InChI=1S/C10H16N4/c1-7-5-9(11)13-10(12-7)6-14(2)8-3-4-8/h5,8H,3-4,6H2,1-2H3,(H2,11,12,13). The van der Waals surface area contributed by atoms with Crippen LogP contribution in [0.3, 0.4) is 0 Å². The summed E-state index contributed by atoms with van der Waals surface area (Å²) >= 11 is 0. The summed E-state index contributed by atoms with van der Waals surface area (Å²) in [6, 6.07) is 2.53. The van der Waals surface area contributed by atoms with Crippen LogP contribution in [0.5, 0.6) is 0 Å². The maximum Gasteiger partial charge on any atom is 0.144 e. The fourth-order valence-corrected chi connectivity index (χ4v) is 1.59. The second-order valence-electron chi connectivity index (χ2n) is 4.00. The van der Waals surface area contributed by atoms with E-state index in [4.69, 9.17) is 5.73 Å². The van der Waals surface area contributed by atoms with Crippen molar-refractivity contribution >= 4 is 5.82 Å². The molecule has 76 valence electrons. The maximum atomic E-state index is 5.66. The molecule has 1 aliphatic carbocycles. The van der Waals surface area contributed by atoms with E-state index in [-0.39, 0.29) is 0 Å². The van der Waals surface area contributed by atoms with Crippen molar-refractivity contribution < 1.29 is 0 Å². The lowest BCUT2D eigenvalue weighted by Gasteiger charge is -2.14. The van der Waals surface area contributed by atoms with Gasteiger partial charge < -0.3 is 5.73 Å². The van der Waals surface area contributed by atoms with Gasteiger partial charge in [0.15, 0.2) is 0 Å². The summed E-state index contributed by atoms with van der Waals surface area (Å²) < 4.78 is 0. The second-order valence-corrected chi connectivity index (χ2v) is 4.00. The van der Waals surface area contributed by atoms with Gasteiger partial charge in [0, 0.05) is 17.8 Å². The molecule has 0 bridgehead atoms. The molecule has 0 aliphatic heterocycles. The van der Waals surface area contributed by atoms with Crippen molar-refractivity contribution in [1.29, 1.82) is 0 Å². The van der Waals surface area contributed by atoms with Crippen LogP contribution >= 0.6 is 0 Å². The highest BCUT2D eigenvalue weighted by Crippen LogP contribution is 2.26. The molecule has 1 aromatic rings. The molecule has 4 nitrogen and oxygen atoms in total. The van der Waals surface area contributed by atoms with Crippen LogP contribution in [0.4, 0.5) is 5.82 Å². The Morgan fingerprint density at radius 1 is 1.50 bits per heavy atom. The molecule has 0 unspecified atom stereocenters. The summed E-state index contributed by atoms with van der Waals surface area (Å²) in [5.41, 5.74) is 6.60. The molecular formula is C10H16N4. The van der Waals surface area contributed by atoms with E-state index in [1.165, 1.54) is 12.8 Å².